The fourth-order valence-electron chi connectivity index (χ4n) is 1.63. The molecular formula is C10H19N3O3. The Morgan fingerprint density at radius 1 is 1.50 bits per heavy atom. The van der Waals surface area contributed by atoms with Gasteiger partial charge in [0.25, 0.3) is 0 Å². The fourth-order valence-corrected chi connectivity index (χ4v) is 1.63. The smallest absolute Gasteiger partial charge is 0.242 e. The number of nitrogens with two attached hydrogens (primary N) is 2. The summed E-state index contributed by atoms with van der Waals surface area (Å²) in [4.78, 5) is 24.5. The van der Waals surface area contributed by atoms with Gasteiger partial charge in [-0.15, -0.1) is 0 Å². The second-order valence-electron chi connectivity index (χ2n) is 4.75. The van der Waals surface area contributed by atoms with Crippen molar-refractivity contribution in [1.82, 2.24) is 4.90 Å². The van der Waals surface area contributed by atoms with Crippen LogP contribution in [0.3, 0.4) is 0 Å². The molecule has 0 spiro atoms. The molecule has 1 heterocycles. The molecule has 0 aromatic heterocycles. The van der Waals surface area contributed by atoms with E-state index in [1.165, 1.54) is 4.90 Å². The van der Waals surface area contributed by atoms with Crippen molar-refractivity contribution in [3.8, 4) is 0 Å². The standard InChI is InChI=1S/C10H19N3O3/c1-10(2,12)5-8(14)13-3-4-16-6-7(13)9(11)15/h7H,3-6,12H2,1-2H3,(H2,11,15). The monoisotopic (exact) mass is 229 g/mol. The Bertz CT molecular complexity index is 286. The molecule has 1 saturated heterocycles. The number of primary amides is 1. The Morgan fingerprint density at radius 2 is 2.12 bits per heavy atom. The number of morpholine rings is 1. The van der Waals surface area contributed by atoms with Gasteiger partial charge in [0.2, 0.25) is 11.8 Å². The first kappa shape index (κ1) is 12.9. The van der Waals surface area contributed by atoms with Crippen LogP contribution in [0.15, 0.2) is 0 Å². The third kappa shape index (κ3) is 3.46. The van der Waals surface area contributed by atoms with Crippen LogP contribution in [-0.4, -0.2) is 48.1 Å². The minimum absolute atomic E-state index is 0.153. The number of carbonyl (C=O) groups excluding carboxylic acids is 2. The van der Waals surface area contributed by atoms with Crippen molar-refractivity contribution < 1.29 is 14.3 Å². The van der Waals surface area contributed by atoms with Crippen molar-refractivity contribution in [2.75, 3.05) is 19.8 Å². The molecule has 0 saturated carbocycles. The molecule has 92 valence electrons. The Labute approximate surface area is 94.9 Å². The van der Waals surface area contributed by atoms with Crippen molar-refractivity contribution in [3.63, 3.8) is 0 Å². The molecule has 0 aromatic rings. The Morgan fingerprint density at radius 3 is 2.62 bits per heavy atom. The highest BCUT2D eigenvalue weighted by Gasteiger charge is 2.32. The van der Waals surface area contributed by atoms with Gasteiger partial charge in [0.15, 0.2) is 0 Å². The predicted molar refractivity (Wildman–Crippen MR) is 58.4 cm³/mol. The minimum Gasteiger partial charge on any atom is -0.377 e. The van der Waals surface area contributed by atoms with Crippen LogP contribution < -0.4 is 11.5 Å². The average molecular weight is 229 g/mol. The SMILES string of the molecule is CC(C)(N)CC(=O)N1CCOCC1C(N)=O. The summed E-state index contributed by atoms with van der Waals surface area (Å²) in [7, 11) is 0. The van der Waals surface area contributed by atoms with Crippen molar-refractivity contribution in [1.29, 1.82) is 0 Å². The molecule has 0 radical (unpaired) electrons. The molecule has 1 atom stereocenters. The lowest BCUT2D eigenvalue weighted by molar-refractivity contribution is -0.147. The van der Waals surface area contributed by atoms with E-state index in [1.807, 2.05) is 0 Å². The number of hydrogen-bond acceptors (Lipinski definition) is 4. The summed E-state index contributed by atoms with van der Waals surface area (Å²) in [5.74, 6) is -0.692. The van der Waals surface area contributed by atoms with E-state index < -0.39 is 17.5 Å². The highest BCUT2D eigenvalue weighted by atomic mass is 16.5. The molecular weight excluding hydrogens is 210 g/mol. The molecule has 0 bridgehead atoms. The van der Waals surface area contributed by atoms with Gasteiger partial charge in [-0.3, -0.25) is 9.59 Å². The van der Waals surface area contributed by atoms with Gasteiger partial charge in [-0.05, 0) is 13.8 Å². The summed E-state index contributed by atoms with van der Waals surface area (Å²) in [5.41, 5.74) is 10.4. The highest BCUT2D eigenvalue weighted by Crippen LogP contribution is 2.12. The first-order chi connectivity index (χ1) is 7.31. The molecule has 2 amide bonds. The molecule has 1 rings (SSSR count). The molecule has 1 fully saturated rings. The number of ether oxygens (including phenoxy) is 1. The molecule has 1 aliphatic rings. The van der Waals surface area contributed by atoms with E-state index in [-0.39, 0.29) is 18.9 Å². The number of hydrogen-bond donors (Lipinski definition) is 2. The Hall–Kier alpha value is -1.14. The van der Waals surface area contributed by atoms with E-state index in [1.54, 1.807) is 13.8 Å². The lowest BCUT2D eigenvalue weighted by atomic mass is 10.0. The lowest BCUT2D eigenvalue weighted by Crippen LogP contribution is -2.56. The van der Waals surface area contributed by atoms with Gasteiger partial charge in [-0.25, -0.2) is 0 Å². The summed E-state index contributed by atoms with van der Waals surface area (Å²) in [5, 5.41) is 0. The van der Waals surface area contributed by atoms with Crippen LogP contribution in [0.25, 0.3) is 0 Å². The van der Waals surface area contributed by atoms with Gasteiger partial charge in [0.05, 0.1) is 13.2 Å². The Balaban J connectivity index is 2.68. The van der Waals surface area contributed by atoms with E-state index >= 15 is 0 Å². The van der Waals surface area contributed by atoms with E-state index in [2.05, 4.69) is 0 Å². The second kappa shape index (κ2) is 4.80. The van der Waals surface area contributed by atoms with Crippen molar-refractivity contribution >= 4 is 11.8 Å². The van der Waals surface area contributed by atoms with Crippen molar-refractivity contribution in [3.05, 3.63) is 0 Å². The minimum atomic E-state index is -0.663. The third-order valence-corrected chi connectivity index (χ3v) is 2.38. The summed E-state index contributed by atoms with van der Waals surface area (Å²) < 4.78 is 5.13. The molecule has 16 heavy (non-hydrogen) atoms. The van der Waals surface area contributed by atoms with Gasteiger partial charge >= 0.3 is 0 Å². The normalized spacial score (nSPS) is 21.9. The van der Waals surface area contributed by atoms with Gasteiger partial charge in [0.1, 0.15) is 6.04 Å². The van der Waals surface area contributed by atoms with E-state index in [0.717, 1.165) is 0 Å². The summed E-state index contributed by atoms with van der Waals surface area (Å²) in [6.07, 6.45) is 0.191. The first-order valence-corrected chi connectivity index (χ1v) is 5.27. The average Bonchev–Trinajstić information content (AvgIpc) is 2.15. The van der Waals surface area contributed by atoms with Crippen LogP contribution >= 0.6 is 0 Å². The third-order valence-electron chi connectivity index (χ3n) is 2.38. The van der Waals surface area contributed by atoms with Gasteiger partial charge < -0.3 is 21.1 Å². The van der Waals surface area contributed by atoms with Gasteiger partial charge in [-0.2, -0.15) is 0 Å². The van der Waals surface area contributed by atoms with Crippen LogP contribution in [-0.2, 0) is 14.3 Å². The molecule has 0 aliphatic carbocycles. The molecule has 4 N–H and O–H groups in total. The number of carbonyl (C=O) groups is 2. The van der Waals surface area contributed by atoms with Crippen LogP contribution in [0.2, 0.25) is 0 Å². The summed E-state index contributed by atoms with van der Waals surface area (Å²) >= 11 is 0. The van der Waals surface area contributed by atoms with Gasteiger partial charge in [-0.1, -0.05) is 0 Å². The highest BCUT2D eigenvalue weighted by molar-refractivity contribution is 5.87. The largest absolute Gasteiger partial charge is 0.377 e. The fraction of sp³-hybridized carbons (Fsp3) is 0.800. The second-order valence-corrected chi connectivity index (χ2v) is 4.75. The van der Waals surface area contributed by atoms with Crippen LogP contribution in [0, 0.1) is 0 Å². The van der Waals surface area contributed by atoms with Crippen molar-refractivity contribution in [2.24, 2.45) is 11.5 Å². The molecule has 1 unspecified atom stereocenters. The zero-order valence-corrected chi connectivity index (χ0v) is 9.73. The predicted octanol–water partition coefficient (Wildman–Crippen LogP) is -1.17. The topological polar surface area (TPSA) is 98.7 Å². The number of amides is 2. The Kier molecular flexibility index (Phi) is 3.88. The van der Waals surface area contributed by atoms with E-state index in [0.29, 0.717) is 13.2 Å². The quantitative estimate of drug-likeness (QED) is 0.636. The molecule has 1 aliphatic heterocycles. The number of nitrogens with zero attached hydrogens (tertiary/aromatic N) is 1. The van der Waals surface area contributed by atoms with E-state index in [9.17, 15) is 9.59 Å². The summed E-state index contributed by atoms with van der Waals surface area (Å²) in [6.45, 7) is 4.53. The maximum Gasteiger partial charge on any atom is 0.242 e. The van der Waals surface area contributed by atoms with E-state index in [4.69, 9.17) is 16.2 Å². The lowest BCUT2D eigenvalue weighted by Gasteiger charge is -2.35. The van der Waals surface area contributed by atoms with Crippen LogP contribution in [0.5, 0.6) is 0 Å². The van der Waals surface area contributed by atoms with Crippen LogP contribution in [0.1, 0.15) is 20.3 Å². The van der Waals surface area contributed by atoms with Crippen LogP contribution in [0.4, 0.5) is 0 Å². The zero-order chi connectivity index (χ0) is 12.3. The maximum atomic E-state index is 11.9. The molecule has 6 nitrogen and oxygen atoms in total. The number of rotatable bonds is 3. The first-order valence-electron chi connectivity index (χ1n) is 5.27. The molecule has 0 aromatic carbocycles. The van der Waals surface area contributed by atoms with Crippen molar-refractivity contribution in [2.45, 2.75) is 31.8 Å². The maximum absolute atomic E-state index is 11.9. The zero-order valence-electron chi connectivity index (χ0n) is 9.73. The molecule has 6 heteroatoms. The van der Waals surface area contributed by atoms with Gasteiger partial charge in [0, 0.05) is 18.5 Å². The summed E-state index contributed by atoms with van der Waals surface area (Å²) in [6, 6.07) is -0.663.